The topological polar surface area (TPSA) is 89.5 Å². The lowest BCUT2D eigenvalue weighted by molar-refractivity contribution is -0.135. The number of guanidine groups is 1. The lowest BCUT2D eigenvalue weighted by Crippen LogP contribution is -2.57. The number of hydrogen-bond acceptors (Lipinski definition) is 5. The van der Waals surface area contributed by atoms with Gasteiger partial charge in [-0.25, -0.2) is 0 Å². The van der Waals surface area contributed by atoms with E-state index in [0.717, 1.165) is 58.1 Å². The molecule has 2 aliphatic rings. The average molecular weight is 383 g/mol. The molecule has 2 saturated heterocycles. The summed E-state index contributed by atoms with van der Waals surface area (Å²) in [6, 6.07) is -0.0770. The smallest absolute Gasteiger partial charge is 0.239 e. The summed E-state index contributed by atoms with van der Waals surface area (Å²) in [6.07, 6.45) is 2.24. The van der Waals surface area contributed by atoms with Crippen molar-refractivity contribution in [2.24, 2.45) is 4.99 Å². The first-order valence-corrected chi connectivity index (χ1v) is 9.81. The van der Waals surface area contributed by atoms with E-state index in [1.54, 1.807) is 14.2 Å². The van der Waals surface area contributed by atoms with Gasteiger partial charge in [-0.2, -0.15) is 0 Å². The van der Waals surface area contributed by atoms with Gasteiger partial charge in [-0.05, 0) is 19.8 Å². The van der Waals surface area contributed by atoms with Gasteiger partial charge in [0.25, 0.3) is 0 Å². The second kappa shape index (κ2) is 11.1. The Balaban J connectivity index is 1.74. The number of rotatable bonds is 7. The summed E-state index contributed by atoms with van der Waals surface area (Å²) < 4.78 is 4.91. The Bertz CT molecular complexity index is 513. The molecule has 0 aromatic carbocycles. The monoisotopic (exact) mass is 382 g/mol. The quantitative estimate of drug-likeness (QED) is 0.332. The molecule has 2 heterocycles. The maximum Gasteiger partial charge on any atom is 0.239 e. The Hall–Kier alpha value is -1.87. The van der Waals surface area contributed by atoms with Crippen LogP contribution in [0.1, 0.15) is 19.8 Å². The predicted octanol–water partition coefficient (Wildman–Crippen LogP) is -1.05. The number of carbonyl (C=O) groups excluding carboxylic acids is 2. The number of piperazine rings is 1. The van der Waals surface area contributed by atoms with Gasteiger partial charge in [0.05, 0.1) is 19.2 Å². The molecular formula is C18H34N6O3. The fraction of sp³-hybridized carbons (Fsp3) is 0.833. The van der Waals surface area contributed by atoms with Crippen molar-refractivity contribution in [1.82, 2.24) is 25.3 Å². The van der Waals surface area contributed by atoms with E-state index in [4.69, 9.17) is 4.74 Å². The first-order valence-electron chi connectivity index (χ1n) is 9.81. The van der Waals surface area contributed by atoms with Crippen molar-refractivity contribution in [3.63, 3.8) is 0 Å². The predicted molar refractivity (Wildman–Crippen MR) is 105 cm³/mol. The van der Waals surface area contributed by atoms with Crippen molar-refractivity contribution in [1.29, 1.82) is 0 Å². The van der Waals surface area contributed by atoms with Crippen LogP contribution in [0, 0.1) is 0 Å². The number of aliphatic imine (C=N–C) groups is 1. The van der Waals surface area contributed by atoms with E-state index in [1.807, 2.05) is 11.8 Å². The first-order chi connectivity index (χ1) is 13.1. The molecule has 1 unspecified atom stereocenters. The van der Waals surface area contributed by atoms with E-state index in [9.17, 15) is 9.59 Å². The van der Waals surface area contributed by atoms with Crippen molar-refractivity contribution in [2.45, 2.75) is 25.8 Å². The van der Waals surface area contributed by atoms with Crippen LogP contribution < -0.4 is 10.6 Å². The van der Waals surface area contributed by atoms with Gasteiger partial charge in [0, 0.05) is 60.0 Å². The molecular weight excluding hydrogens is 348 g/mol. The van der Waals surface area contributed by atoms with Gasteiger partial charge in [-0.3, -0.25) is 19.5 Å². The van der Waals surface area contributed by atoms with Crippen LogP contribution in [-0.4, -0.2) is 112 Å². The third kappa shape index (κ3) is 6.35. The van der Waals surface area contributed by atoms with E-state index in [-0.39, 0.29) is 24.4 Å². The highest BCUT2D eigenvalue weighted by molar-refractivity contribution is 5.86. The Morgan fingerprint density at radius 3 is 2.30 bits per heavy atom. The molecule has 1 atom stereocenters. The third-order valence-electron chi connectivity index (χ3n) is 5.18. The molecule has 0 aliphatic carbocycles. The molecule has 0 saturated carbocycles. The summed E-state index contributed by atoms with van der Waals surface area (Å²) in [5, 5.41) is 5.88. The number of likely N-dealkylation sites (tertiary alicyclic amines) is 1. The zero-order chi connectivity index (χ0) is 19.6. The molecule has 2 fully saturated rings. The lowest BCUT2D eigenvalue weighted by atomic mass is 10.2. The molecule has 0 spiro atoms. The number of hydrogen-bond donors (Lipinski definition) is 2. The average Bonchev–Trinajstić information content (AvgIpc) is 3.23. The van der Waals surface area contributed by atoms with Crippen LogP contribution in [0.3, 0.4) is 0 Å². The molecule has 0 radical (unpaired) electrons. The molecule has 2 rings (SSSR count). The van der Waals surface area contributed by atoms with Gasteiger partial charge in [-0.15, -0.1) is 0 Å². The Morgan fingerprint density at radius 2 is 1.70 bits per heavy atom. The number of carbonyl (C=O) groups is 2. The van der Waals surface area contributed by atoms with Crippen LogP contribution in [-0.2, 0) is 14.3 Å². The minimum Gasteiger partial charge on any atom is -0.383 e. The number of nitrogens with zero attached hydrogens (tertiary/aromatic N) is 4. The van der Waals surface area contributed by atoms with E-state index < -0.39 is 0 Å². The van der Waals surface area contributed by atoms with Crippen molar-refractivity contribution in [3.05, 3.63) is 0 Å². The van der Waals surface area contributed by atoms with Crippen molar-refractivity contribution < 1.29 is 14.3 Å². The van der Waals surface area contributed by atoms with Gasteiger partial charge >= 0.3 is 0 Å². The van der Waals surface area contributed by atoms with Crippen LogP contribution >= 0.6 is 0 Å². The Kier molecular flexibility index (Phi) is 8.80. The number of methoxy groups -OCH3 is 1. The minimum atomic E-state index is -0.0864. The Morgan fingerprint density at radius 1 is 1.04 bits per heavy atom. The molecule has 0 bridgehead atoms. The van der Waals surface area contributed by atoms with E-state index in [0.29, 0.717) is 13.2 Å². The summed E-state index contributed by atoms with van der Waals surface area (Å²) in [5.74, 6) is 0.878. The van der Waals surface area contributed by atoms with E-state index >= 15 is 0 Å². The molecule has 0 aromatic heterocycles. The second-order valence-electron chi connectivity index (χ2n) is 6.97. The molecule has 2 aliphatic heterocycles. The van der Waals surface area contributed by atoms with Gasteiger partial charge in [0.1, 0.15) is 0 Å². The maximum absolute atomic E-state index is 12.6. The molecule has 9 nitrogen and oxygen atoms in total. The summed E-state index contributed by atoms with van der Waals surface area (Å²) in [5.41, 5.74) is 0. The fourth-order valence-electron chi connectivity index (χ4n) is 3.53. The SMILES string of the molecule is CN=C(NCC(=O)NCCOC)N1CCN(C(C)C(=O)N2CCCC2)CC1. The lowest BCUT2D eigenvalue weighted by Gasteiger charge is -2.39. The summed E-state index contributed by atoms with van der Waals surface area (Å²) in [6.45, 7) is 8.15. The van der Waals surface area contributed by atoms with Gasteiger partial charge in [-0.1, -0.05) is 0 Å². The van der Waals surface area contributed by atoms with Gasteiger partial charge in [0.2, 0.25) is 11.8 Å². The summed E-state index contributed by atoms with van der Waals surface area (Å²) in [7, 11) is 3.32. The largest absolute Gasteiger partial charge is 0.383 e. The van der Waals surface area contributed by atoms with E-state index in [1.165, 1.54) is 0 Å². The first kappa shape index (κ1) is 21.4. The van der Waals surface area contributed by atoms with Crippen LogP contribution in [0.25, 0.3) is 0 Å². The number of nitrogens with one attached hydrogen (secondary N) is 2. The maximum atomic E-state index is 12.6. The highest BCUT2D eigenvalue weighted by Gasteiger charge is 2.30. The molecule has 27 heavy (non-hydrogen) atoms. The highest BCUT2D eigenvalue weighted by Crippen LogP contribution is 2.14. The molecule has 154 valence electrons. The van der Waals surface area contributed by atoms with Crippen LogP contribution in [0.4, 0.5) is 0 Å². The van der Waals surface area contributed by atoms with Crippen molar-refractivity contribution in [3.8, 4) is 0 Å². The molecule has 0 aromatic rings. The van der Waals surface area contributed by atoms with E-state index in [2.05, 4.69) is 25.4 Å². The van der Waals surface area contributed by atoms with Crippen molar-refractivity contribution >= 4 is 17.8 Å². The zero-order valence-corrected chi connectivity index (χ0v) is 16.9. The number of amides is 2. The molecule has 9 heteroatoms. The Labute approximate surface area is 162 Å². The van der Waals surface area contributed by atoms with Gasteiger partial charge < -0.3 is 25.2 Å². The second-order valence-corrected chi connectivity index (χ2v) is 6.97. The summed E-state index contributed by atoms with van der Waals surface area (Å²) in [4.78, 5) is 35.0. The summed E-state index contributed by atoms with van der Waals surface area (Å²) >= 11 is 0. The normalized spacial score (nSPS) is 19.9. The van der Waals surface area contributed by atoms with Gasteiger partial charge in [0.15, 0.2) is 5.96 Å². The van der Waals surface area contributed by atoms with Crippen LogP contribution in [0.15, 0.2) is 4.99 Å². The fourth-order valence-corrected chi connectivity index (χ4v) is 3.53. The standard InChI is InChI=1S/C18H34N6O3/c1-15(17(26)23-7-4-5-8-23)22-9-11-24(12-10-22)18(19-2)21-14-16(25)20-6-13-27-3/h15H,4-14H2,1-3H3,(H,19,21)(H,20,25). The van der Waals surface area contributed by atoms with Crippen LogP contribution in [0.2, 0.25) is 0 Å². The highest BCUT2D eigenvalue weighted by atomic mass is 16.5. The van der Waals surface area contributed by atoms with Crippen LogP contribution in [0.5, 0.6) is 0 Å². The molecule has 2 amide bonds. The molecule has 2 N–H and O–H groups in total. The third-order valence-corrected chi connectivity index (χ3v) is 5.18. The van der Waals surface area contributed by atoms with Crippen molar-refractivity contribution in [2.75, 3.05) is 73.1 Å². The number of ether oxygens (including phenoxy) is 1. The minimum absolute atomic E-state index is 0.0770. The zero-order valence-electron chi connectivity index (χ0n) is 16.9.